The Labute approximate surface area is 98.2 Å². The molecule has 0 aromatic heterocycles. The van der Waals surface area contributed by atoms with Gasteiger partial charge in [0.2, 0.25) is 6.57 Å². The average Bonchev–Trinajstić information content (AvgIpc) is 2.17. The van der Waals surface area contributed by atoms with E-state index in [1.807, 2.05) is 30.5 Å². The lowest BCUT2D eigenvalue weighted by Gasteiger charge is -2.03. The molecule has 0 aliphatic carbocycles. The largest absolute Gasteiger partial charge is 0.346 e. The van der Waals surface area contributed by atoms with E-state index in [9.17, 15) is 0 Å². The van der Waals surface area contributed by atoms with Gasteiger partial charge in [-0.15, -0.1) is 11.8 Å². The molecule has 0 saturated carbocycles. The van der Waals surface area contributed by atoms with Crippen molar-refractivity contribution in [2.24, 2.45) is 10.3 Å². The fourth-order valence-corrected chi connectivity index (χ4v) is 1.65. The molecular formula is C8H12N3OPS2. The minimum atomic E-state index is -2.98. The van der Waals surface area contributed by atoms with Gasteiger partial charge in [0.1, 0.15) is 0 Å². The van der Waals surface area contributed by atoms with E-state index >= 15 is 0 Å². The zero-order valence-electron chi connectivity index (χ0n) is 8.12. The maximum atomic E-state index is 9.04. The van der Waals surface area contributed by atoms with Gasteiger partial charge in [0.05, 0.1) is 6.34 Å². The number of thioether (sulfide) groups is 1. The standard InChI is InChI=1S/C8H12N3OPS2/c1-15-8-4-2-7(3-5-8)10-6-11-13(9,12)14/h2-6H,1H3,(H4,9,10,11,12,14). The first-order valence-corrected chi connectivity index (χ1v) is 8.07. The first-order chi connectivity index (χ1) is 7.01. The number of hydrogen-bond acceptors (Lipinski definition) is 2. The summed E-state index contributed by atoms with van der Waals surface area (Å²) in [6, 6.07) is 7.79. The SMILES string of the molecule is CSc1ccc(NC=NP(N)(O)=S)cc1. The van der Waals surface area contributed by atoms with Crippen LogP contribution in [0.1, 0.15) is 0 Å². The summed E-state index contributed by atoms with van der Waals surface area (Å²) in [5.74, 6) is 0. The predicted molar refractivity (Wildman–Crippen MR) is 71.0 cm³/mol. The van der Waals surface area contributed by atoms with Gasteiger partial charge in [0.15, 0.2) is 0 Å². The van der Waals surface area contributed by atoms with Gasteiger partial charge >= 0.3 is 0 Å². The molecule has 0 radical (unpaired) electrons. The van der Waals surface area contributed by atoms with E-state index in [1.165, 1.54) is 11.2 Å². The van der Waals surface area contributed by atoms with Crippen molar-refractivity contribution >= 4 is 42.2 Å². The smallest absolute Gasteiger partial charge is 0.240 e. The Bertz CT molecular complexity index is 387. The van der Waals surface area contributed by atoms with Crippen LogP contribution in [0.25, 0.3) is 0 Å². The minimum absolute atomic E-state index is 0.875. The van der Waals surface area contributed by atoms with E-state index in [0.29, 0.717) is 0 Å². The third-order valence-corrected chi connectivity index (χ3v) is 3.02. The molecule has 15 heavy (non-hydrogen) atoms. The van der Waals surface area contributed by atoms with Gasteiger partial charge in [0.25, 0.3) is 0 Å². The molecule has 1 unspecified atom stereocenters. The molecule has 0 aliphatic rings. The highest BCUT2D eigenvalue weighted by Gasteiger charge is 1.97. The molecule has 82 valence electrons. The molecule has 1 aromatic carbocycles. The maximum absolute atomic E-state index is 9.04. The number of anilines is 1. The highest BCUT2D eigenvalue weighted by molar-refractivity contribution is 8.10. The fourth-order valence-electron chi connectivity index (χ4n) is 0.873. The molecule has 1 rings (SSSR count). The lowest BCUT2D eigenvalue weighted by atomic mass is 10.3. The molecule has 0 amide bonds. The minimum Gasteiger partial charge on any atom is -0.346 e. The average molecular weight is 261 g/mol. The number of nitrogens with zero attached hydrogens (tertiary/aromatic N) is 1. The molecule has 7 heteroatoms. The Balaban J connectivity index is 2.59. The molecule has 1 aromatic rings. The van der Waals surface area contributed by atoms with Crippen molar-refractivity contribution in [1.82, 2.24) is 0 Å². The van der Waals surface area contributed by atoms with Crippen molar-refractivity contribution in [2.45, 2.75) is 4.90 Å². The second kappa shape index (κ2) is 5.63. The molecular weight excluding hydrogens is 249 g/mol. The first kappa shape index (κ1) is 12.7. The molecule has 0 heterocycles. The van der Waals surface area contributed by atoms with E-state index in [2.05, 4.69) is 21.9 Å². The van der Waals surface area contributed by atoms with E-state index < -0.39 is 6.57 Å². The third kappa shape index (κ3) is 5.30. The van der Waals surface area contributed by atoms with Crippen molar-refractivity contribution in [3.05, 3.63) is 24.3 Å². The van der Waals surface area contributed by atoms with Crippen LogP contribution in [-0.4, -0.2) is 17.5 Å². The van der Waals surface area contributed by atoms with Gasteiger partial charge in [-0.3, -0.25) is 5.50 Å². The van der Waals surface area contributed by atoms with Crippen LogP contribution in [-0.2, 0) is 11.8 Å². The van der Waals surface area contributed by atoms with Crippen molar-refractivity contribution in [3.63, 3.8) is 0 Å². The normalized spacial score (nSPS) is 15.1. The van der Waals surface area contributed by atoms with Crippen LogP contribution in [0, 0.1) is 0 Å². The molecule has 0 fully saturated rings. The van der Waals surface area contributed by atoms with Gasteiger partial charge in [-0.05, 0) is 42.3 Å². The topological polar surface area (TPSA) is 70.6 Å². The Morgan fingerprint density at radius 2 is 2.13 bits per heavy atom. The first-order valence-electron chi connectivity index (χ1n) is 4.07. The van der Waals surface area contributed by atoms with Gasteiger partial charge < -0.3 is 10.2 Å². The van der Waals surface area contributed by atoms with Crippen molar-refractivity contribution in [3.8, 4) is 0 Å². The highest BCUT2D eigenvalue weighted by atomic mass is 32.4. The van der Waals surface area contributed by atoms with Gasteiger partial charge in [0, 0.05) is 10.6 Å². The van der Waals surface area contributed by atoms with Crippen molar-refractivity contribution < 1.29 is 4.89 Å². The van der Waals surface area contributed by atoms with E-state index in [0.717, 1.165) is 5.69 Å². The molecule has 0 spiro atoms. The van der Waals surface area contributed by atoms with Crippen LogP contribution in [0.4, 0.5) is 5.69 Å². The van der Waals surface area contributed by atoms with Crippen molar-refractivity contribution in [1.29, 1.82) is 0 Å². The van der Waals surface area contributed by atoms with E-state index in [-0.39, 0.29) is 0 Å². The number of nitrogens with one attached hydrogen (secondary N) is 1. The monoisotopic (exact) mass is 261 g/mol. The summed E-state index contributed by atoms with van der Waals surface area (Å²) in [5.41, 5.74) is 6.06. The summed E-state index contributed by atoms with van der Waals surface area (Å²) in [6.07, 6.45) is 3.34. The van der Waals surface area contributed by atoms with Crippen LogP contribution in [0.3, 0.4) is 0 Å². The molecule has 4 nitrogen and oxygen atoms in total. The fraction of sp³-hybridized carbons (Fsp3) is 0.125. The summed E-state index contributed by atoms with van der Waals surface area (Å²) in [5, 5.41) is 2.87. The Kier molecular flexibility index (Phi) is 4.76. The zero-order chi connectivity index (χ0) is 11.3. The second-order valence-electron chi connectivity index (χ2n) is 2.71. The summed E-state index contributed by atoms with van der Waals surface area (Å²) < 4.78 is 3.61. The number of hydrogen-bond donors (Lipinski definition) is 3. The Morgan fingerprint density at radius 3 is 2.60 bits per heavy atom. The van der Waals surface area contributed by atoms with Crippen LogP contribution < -0.4 is 10.8 Å². The zero-order valence-corrected chi connectivity index (χ0v) is 10.6. The summed E-state index contributed by atoms with van der Waals surface area (Å²) in [6.45, 7) is -2.98. The van der Waals surface area contributed by atoms with E-state index in [1.54, 1.807) is 11.8 Å². The van der Waals surface area contributed by atoms with Crippen LogP contribution in [0.15, 0.2) is 33.9 Å². The summed E-state index contributed by atoms with van der Waals surface area (Å²) >= 11 is 6.22. The number of benzene rings is 1. The Hall–Kier alpha value is -0.390. The van der Waals surface area contributed by atoms with Crippen LogP contribution in [0.2, 0.25) is 0 Å². The molecule has 0 aliphatic heterocycles. The number of rotatable bonds is 4. The lowest BCUT2D eigenvalue weighted by molar-refractivity contribution is 0.625. The summed E-state index contributed by atoms with van der Waals surface area (Å²) in [4.78, 5) is 10.2. The van der Waals surface area contributed by atoms with E-state index in [4.69, 9.17) is 10.4 Å². The molecule has 1 atom stereocenters. The molecule has 0 saturated heterocycles. The van der Waals surface area contributed by atoms with Crippen LogP contribution >= 0.6 is 18.3 Å². The second-order valence-corrected chi connectivity index (χ2v) is 6.61. The Morgan fingerprint density at radius 1 is 1.53 bits per heavy atom. The van der Waals surface area contributed by atoms with Crippen LogP contribution in [0.5, 0.6) is 0 Å². The molecule has 0 bridgehead atoms. The predicted octanol–water partition coefficient (Wildman–Crippen LogP) is 2.02. The lowest BCUT2D eigenvalue weighted by Crippen LogP contribution is -1.96. The summed E-state index contributed by atoms with van der Waals surface area (Å²) in [7, 11) is 0. The third-order valence-electron chi connectivity index (χ3n) is 1.54. The maximum Gasteiger partial charge on any atom is 0.240 e. The van der Waals surface area contributed by atoms with Gasteiger partial charge in [-0.1, -0.05) is 0 Å². The highest BCUT2D eigenvalue weighted by Crippen LogP contribution is 2.30. The van der Waals surface area contributed by atoms with Crippen molar-refractivity contribution in [2.75, 3.05) is 11.6 Å². The van der Waals surface area contributed by atoms with Gasteiger partial charge in [-0.25, -0.2) is 4.76 Å². The molecule has 4 N–H and O–H groups in total. The van der Waals surface area contributed by atoms with Gasteiger partial charge in [-0.2, -0.15) is 0 Å². The number of nitrogens with two attached hydrogens (primary N) is 1. The quantitative estimate of drug-likeness (QED) is 0.335.